The molecule has 0 radical (unpaired) electrons. The van der Waals surface area contributed by atoms with E-state index in [1.165, 1.54) is 70.6 Å². The Morgan fingerprint density at radius 3 is 1.45 bits per heavy atom. The number of ether oxygens (including phenoxy) is 1. The van der Waals surface area contributed by atoms with Gasteiger partial charge < -0.3 is 22.9 Å². The molecule has 3 heteroatoms. The van der Waals surface area contributed by atoms with Crippen LogP contribution in [0.25, 0.3) is 0 Å². The van der Waals surface area contributed by atoms with Crippen molar-refractivity contribution in [2.75, 3.05) is 0 Å². The largest absolute Gasteiger partial charge is 1.00 e. The zero-order valence-corrected chi connectivity index (χ0v) is 14.7. The van der Waals surface area contributed by atoms with E-state index in [0.717, 1.165) is 6.42 Å². The minimum atomic E-state index is -0.0632. The summed E-state index contributed by atoms with van der Waals surface area (Å²) >= 11 is 0. The molecule has 1 aliphatic heterocycles. The van der Waals surface area contributed by atoms with Crippen LogP contribution in [0.15, 0.2) is 0 Å². The number of hydrogen-bond acceptors (Lipinski definition) is 1. The zero-order valence-electron chi connectivity index (χ0n) is 14.0. The summed E-state index contributed by atoms with van der Waals surface area (Å²) in [6, 6.07) is 0. The monoisotopic (exact) mass is 305 g/mol. The molecular formula is C17H36ClNO. The maximum Gasteiger partial charge on any atom is 0.228 e. The van der Waals surface area contributed by atoms with Crippen molar-refractivity contribution in [3.05, 3.63) is 0 Å². The first-order chi connectivity index (χ1) is 9.02. The van der Waals surface area contributed by atoms with Gasteiger partial charge in [0.2, 0.25) is 5.72 Å². The Labute approximate surface area is 132 Å². The molecule has 1 atom stereocenters. The summed E-state index contributed by atoms with van der Waals surface area (Å²) in [5.74, 6) is 0. The molecule has 0 aliphatic carbocycles. The predicted octanol–water partition coefficient (Wildman–Crippen LogP) is 1.44. The van der Waals surface area contributed by atoms with Crippen LogP contribution in [0.5, 0.6) is 0 Å². The highest BCUT2D eigenvalue weighted by Gasteiger charge is 2.65. The van der Waals surface area contributed by atoms with Crippen LogP contribution < -0.4 is 18.1 Å². The lowest BCUT2D eigenvalue weighted by atomic mass is 9.98. The van der Waals surface area contributed by atoms with Gasteiger partial charge in [0, 0.05) is 6.42 Å². The van der Waals surface area contributed by atoms with Gasteiger partial charge in [-0.2, -0.15) is 0 Å². The number of rotatable bonds is 12. The van der Waals surface area contributed by atoms with Crippen molar-refractivity contribution in [2.45, 2.75) is 109 Å². The van der Waals surface area contributed by atoms with E-state index < -0.39 is 0 Å². The highest BCUT2D eigenvalue weighted by molar-refractivity contribution is 5.00. The van der Waals surface area contributed by atoms with Gasteiger partial charge in [-0.25, -0.2) is 0 Å². The fraction of sp³-hybridized carbons (Fsp3) is 1.00. The van der Waals surface area contributed by atoms with E-state index in [9.17, 15) is 0 Å². The molecular weight excluding hydrogens is 270 g/mol. The highest BCUT2D eigenvalue weighted by Crippen LogP contribution is 2.44. The van der Waals surface area contributed by atoms with E-state index >= 15 is 0 Å². The van der Waals surface area contributed by atoms with Crippen molar-refractivity contribution in [3.8, 4) is 0 Å². The number of halogens is 1. The van der Waals surface area contributed by atoms with Crippen LogP contribution in [0.4, 0.5) is 0 Å². The molecule has 20 heavy (non-hydrogen) atoms. The first-order valence-electron chi connectivity index (χ1n) is 8.57. The lowest BCUT2D eigenvalue weighted by Gasteiger charge is -2.05. The highest BCUT2D eigenvalue weighted by atomic mass is 35.5. The van der Waals surface area contributed by atoms with Gasteiger partial charge in [0.25, 0.3) is 0 Å². The fourth-order valence-electron chi connectivity index (χ4n) is 2.89. The summed E-state index contributed by atoms with van der Waals surface area (Å²) in [6.07, 6.45) is 16.6. The molecule has 0 bridgehead atoms. The van der Waals surface area contributed by atoms with Crippen molar-refractivity contribution in [1.82, 2.24) is 0 Å². The molecule has 0 aromatic heterocycles. The Kier molecular flexibility index (Phi) is 10.1. The second kappa shape index (κ2) is 10.0. The molecule has 0 aromatic rings. The minimum Gasteiger partial charge on any atom is -1.00 e. The number of epoxide rings is 1. The molecule has 1 unspecified atom stereocenters. The van der Waals surface area contributed by atoms with Crippen molar-refractivity contribution in [1.29, 1.82) is 0 Å². The van der Waals surface area contributed by atoms with Gasteiger partial charge in [-0.05, 0) is 20.3 Å². The maximum atomic E-state index is 5.67. The van der Waals surface area contributed by atoms with Crippen LogP contribution in [-0.2, 0) is 4.74 Å². The second-order valence-electron chi connectivity index (χ2n) is 6.89. The molecule has 1 fully saturated rings. The molecule has 0 aromatic carbocycles. The number of quaternary nitrogens is 1. The summed E-state index contributed by atoms with van der Waals surface area (Å²) < 4.78 is 5.67. The van der Waals surface area contributed by atoms with Gasteiger partial charge in [-0.15, -0.1) is 0 Å². The molecule has 1 rings (SSSR count). The normalized spacial score (nSPS) is 23.4. The molecule has 0 saturated carbocycles. The van der Waals surface area contributed by atoms with E-state index in [1.54, 1.807) is 0 Å². The van der Waals surface area contributed by atoms with Crippen LogP contribution in [0.2, 0.25) is 0 Å². The quantitative estimate of drug-likeness (QED) is 0.430. The van der Waals surface area contributed by atoms with Crippen LogP contribution in [0.3, 0.4) is 0 Å². The van der Waals surface area contributed by atoms with Gasteiger partial charge in [0.15, 0.2) is 0 Å². The van der Waals surface area contributed by atoms with E-state index in [2.05, 4.69) is 26.5 Å². The summed E-state index contributed by atoms with van der Waals surface area (Å²) in [7, 11) is 0. The second-order valence-corrected chi connectivity index (χ2v) is 6.89. The third kappa shape index (κ3) is 7.28. The Morgan fingerprint density at radius 2 is 1.10 bits per heavy atom. The van der Waals surface area contributed by atoms with E-state index in [0.29, 0.717) is 0 Å². The van der Waals surface area contributed by atoms with Crippen molar-refractivity contribution in [3.63, 3.8) is 0 Å². The zero-order chi connectivity index (χ0) is 14.2. The number of hydrogen-bond donors (Lipinski definition) is 1. The van der Waals surface area contributed by atoms with Gasteiger partial charge in [0.1, 0.15) is 5.60 Å². The van der Waals surface area contributed by atoms with Gasteiger partial charge in [-0.1, -0.05) is 71.1 Å². The van der Waals surface area contributed by atoms with Crippen LogP contribution in [0.1, 0.15) is 97.8 Å². The fourth-order valence-corrected chi connectivity index (χ4v) is 2.89. The predicted molar refractivity (Wildman–Crippen MR) is 81.9 cm³/mol. The van der Waals surface area contributed by atoms with E-state index in [1.807, 2.05) is 0 Å². The van der Waals surface area contributed by atoms with Gasteiger partial charge >= 0.3 is 0 Å². The summed E-state index contributed by atoms with van der Waals surface area (Å²) in [6.45, 7) is 6.58. The topological polar surface area (TPSA) is 40.2 Å². The first kappa shape index (κ1) is 20.2. The van der Waals surface area contributed by atoms with E-state index in [-0.39, 0.29) is 23.7 Å². The average Bonchev–Trinajstić information content (AvgIpc) is 2.85. The Morgan fingerprint density at radius 1 is 0.750 bits per heavy atom. The Bertz CT molecular complexity index is 245. The van der Waals surface area contributed by atoms with Crippen molar-refractivity contribution in [2.24, 2.45) is 0 Å². The smallest absolute Gasteiger partial charge is 0.228 e. The van der Waals surface area contributed by atoms with Gasteiger partial charge in [0.05, 0.1) is 0 Å². The molecule has 122 valence electrons. The Balaban J connectivity index is 0.00000361. The SMILES string of the molecule is CCCCCCCCCCCCCC1([NH3+])OC1(C)C.[Cl-]. The standard InChI is InChI=1S/C17H35NO.ClH/c1-4-5-6-7-8-9-10-11-12-13-14-15-17(18)16(2,3)19-17;/h4-15,18H2,1-3H3;1H. The molecule has 2 nitrogen and oxygen atoms in total. The summed E-state index contributed by atoms with van der Waals surface area (Å²) in [5.41, 5.74) is 4.16. The molecule has 3 N–H and O–H groups in total. The Hall–Kier alpha value is 0.210. The third-order valence-electron chi connectivity index (χ3n) is 4.69. The molecule has 0 spiro atoms. The van der Waals surface area contributed by atoms with Gasteiger partial charge in [-0.3, -0.25) is 0 Å². The van der Waals surface area contributed by atoms with Crippen LogP contribution in [0, 0.1) is 0 Å². The summed E-state index contributed by atoms with van der Waals surface area (Å²) in [5, 5.41) is 0. The van der Waals surface area contributed by atoms with Crippen LogP contribution in [-0.4, -0.2) is 11.3 Å². The van der Waals surface area contributed by atoms with Crippen molar-refractivity contribution < 1.29 is 22.9 Å². The molecule has 1 aliphatic rings. The minimum absolute atomic E-state index is 0. The first-order valence-corrected chi connectivity index (χ1v) is 8.57. The van der Waals surface area contributed by atoms with E-state index in [4.69, 9.17) is 4.74 Å². The molecule has 1 saturated heterocycles. The average molecular weight is 306 g/mol. The molecule has 1 heterocycles. The summed E-state index contributed by atoms with van der Waals surface area (Å²) in [4.78, 5) is 0. The third-order valence-corrected chi connectivity index (χ3v) is 4.69. The maximum absolute atomic E-state index is 5.67. The van der Waals surface area contributed by atoms with Crippen molar-refractivity contribution >= 4 is 0 Å². The molecule has 0 amide bonds. The lowest BCUT2D eigenvalue weighted by molar-refractivity contribution is -0.473. The number of unbranched alkanes of at least 4 members (excludes halogenated alkanes) is 10. The van der Waals surface area contributed by atoms with Crippen LogP contribution >= 0.6 is 0 Å². The lowest BCUT2D eigenvalue weighted by Crippen LogP contribution is -3.00.